The van der Waals surface area contributed by atoms with Crippen LogP contribution in [0.15, 0.2) is 63.6 Å². The molecule has 6 nitrogen and oxygen atoms in total. The second-order valence-electron chi connectivity index (χ2n) is 6.11. The first-order valence-electron chi connectivity index (χ1n) is 8.32. The zero-order chi connectivity index (χ0) is 17.9. The quantitative estimate of drug-likeness (QED) is 0.596. The van der Waals surface area contributed by atoms with E-state index in [1.165, 1.54) is 10.8 Å². The van der Waals surface area contributed by atoms with Crippen LogP contribution in [0, 0.1) is 6.92 Å². The Morgan fingerprint density at radius 2 is 1.88 bits per heavy atom. The Morgan fingerprint density at radius 3 is 2.73 bits per heavy atom. The van der Waals surface area contributed by atoms with E-state index in [9.17, 15) is 4.79 Å². The van der Waals surface area contributed by atoms with Gasteiger partial charge < -0.3 is 14.4 Å². The summed E-state index contributed by atoms with van der Waals surface area (Å²) in [5.74, 6) is 0.429. The van der Waals surface area contributed by atoms with Crippen LogP contribution in [0.4, 0.5) is 0 Å². The summed E-state index contributed by atoms with van der Waals surface area (Å²) in [6, 6.07) is 17.8. The Morgan fingerprint density at radius 1 is 1.04 bits per heavy atom. The number of nitrogens with zero attached hydrogens (tertiary/aromatic N) is 2. The standard InChI is InChI=1S/C20H17N3O3/c1-13-9-17(25-22-13)12-21-20(24)19-11-16(23-26-19)10-15-7-4-6-14-5-2-3-8-18(14)15/h2-9,11H,10,12H2,1H3,(H,21,24). The third-order valence-corrected chi connectivity index (χ3v) is 4.13. The molecule has 0 unspecified atom stereocenters. The van der Waals surface area contributed by atoms with Crippen LogP contribution < -0.4 is 5.32 Å². The zero-order valence-corrected chi connectivity index (χ0v) is 14.2. The van der Waals surface area contributed by atoms with Gasteiger partial charge in [0.2, 0.25) is 5.76 Å². The van der Waals surface area contributed by atoms with Crippen LogP contribution >= 0.6 is 0 Å². The smallest absolute Gasteiger partial charge is 0.290 e. The van der Waals surface area contributed by atoms with Crippen LogP contribution in [0.3, 0.4) is 0 Å². The summed E-state index contributed by atoms with van der Waals surface area (Å²) in [4.78, 5) is 12.2. The van der Waals surface area contributed by atoms with Crippen LogP contribution in [-0.2, 0) is 13.0 Å². The fourth-order valence-corrected chi connectivity index (χ4v) is 2.90. The van der Waals surface area contributed by atoms with Gasteiger partial charge in [-0.3, -0.25) is 4.79 Å². The summed E-state index contributed by atoms with van der Waals surface area (Å²) >= 11 is 0. The average Bonchev–Trinajstić information content (AvgIpc) is 3.29. The lowest BCUT2D eigenvalue weighted by molar-refractivity contribution is 0.0910. The van der Waals surface area contributed by atoms with Gasteiger partial charge in [0.1, 0.15) is 0 Å². The van der Waals surface area contributed by atoms with Gasteiger partial charge in [-0.1, -0.05) is 52.8 Å². The zero-order valence-electron chi connectivity index (χ0n) is 14.2. The van der Waals surface area contributed by atoms with Gasteiger partial charge in [0.25, 0.3) is 5.91 Å². The molecule has 0 bridgehead atoms. The molecule has 0 spiro atoms. The largest absolute Gasteiger partial charge is 0.359 e. The first kappa shape index (κ1) is 16.1. The summed E-state index contributed by atoms with van der Waals surface area (Å²) in [7, 11) is 0. The van der Waals surface area contributed by atoms with Crippen LogP contribution in [0.1, 0.15) is 33.3 Å². The number of fused-ring (bicyclic) bond motifs is 1. The molecule has 0 aliphatic rings. The minimum Gasteiger partial charge on any atom is -0.359 e. The number of aryl methyl sites for hydroxylation is 1. The summed E-state index contributed by atoms with van der Waals surface area (Å²) in [6.07, 6.45) is 0.597. The summed E-state index contributed by atoms with van der Waals surface area (Å²) < 4.78 is 10.3. The van der Waals surface area contributed by atoms with Crippen LogP contribution in [0.5, 0.6) is 0 Å². The molecular formula is C20H17N3O3. The van der Waals surface area contributed by atoms with Crippen molar-refractivity contribution in [1.82, 2.24) is 15.6 Å². The van der Waals surface area contributed by atoms with E-state index in [1.807, 2.05) is 25.1 Å². The Labute approximate surface area is 149 Å². The maximum absolute atomic E-state index is 12.2. The van der Waals surface area contributed by atoms with Crippen molar-refractivity contribution in [2.45, 2.75) is 19.9 Å². The molecular weight excluding hydrogens is 330 g/mol. The third-order valence-electron chi connectivity index (χ3n) is 4.13. The Hall–Kier alpha value is -3.41. The number of nitrogens with one attached hydrogen (secondary N) is 1. The number of hydrogen-bond donors (Lipinski definition) is 1. The topological polar surface area (TPSA) is 81.2 Å². The van der Waals surface area contributed by atoms with Crippen LogP contribution in [-0.4, -0.2) is 16.2 Å². The fraction of sp³-hybridized carbons (Fsp3) is 0.150. The van der Waals surface area contributed by atoms with E-state index in [1.54, 1.807) is 12.1 Å². The molecule has 0 aliphatic heterocycles. The van der Waals surface area contributed by atoms with Gasteiger partial charge in [-0.2, -0.15) is 0 Å². The predicted octanol–water partition coefficient (Wildman–Crippen LogP) is 3.65. The fourth-order valence-electron chi connectivity index (χ4n) is 2.90. The number of rotatable bonds is 5. The summed E-state index contributed by atoms with van der Waals surface area (Å²) in [6.45, 7) is 2.07. The molecule has 1 amide bonds. The maximum atomic E-state index is 12.2. The average molecular weight is 347 g/mol. The highest BCUT2D eigenvalue weighted by Gasteiger charge is 2.14. The van der Waals surface area contributed by atoms with Gasteiger partial charge in [-0.25, -0.2) is 0 Å². The first-order valence-corrected chi connectivity index (χ1v) is 8.32. The van der Waals surface area contributed by atoms with E-state index < -0.39 is 0 Å². The molecule has 1 N–H and O–H groups in total. The van der Waals surface area contributed by atoms with Gasteiger partial charge in [0, 0.05) is 18.6 Å². The molecule has 0 aliphatic carbocycles. The molecule has 130 valence electrons. The predicted molar refractivity (Wildman–Crippen MR) is 95.7 cm³/mol. The monoisotopic (exact) mass is 347 g/mol. The lowest BCUT2D eigenvalue weighted by Gasteiger charge is -2.04. The first-order chi connectivity index (χ1) is 12.7. The summed E-state index contributed by atoms with van der Waals surface area (Å²) in [5.41, 5.74) is 2.62. The molecule has 6 heteroatoms. The number of amides is 1. The molecule has 2 heterocycles. The minimum absolute atomic E-state index is 0.177. The maximum Gasteiger partial charge on any atom is 0.290 e. The molecule has 0 saturated heterocycles. The van der Waals surface area contributed by atoms with Gasteiger partial charge in [-0.15, -0.1) is 0 Å². The molecule has 0 radical (unpaired) electrons. The molecule has 0 atom stereocenters. The van der Waals surface area contributed by atoms with E-state index in [2.05, 4.69) is 39.9 Å². The highest BCUT2D eigenvalue weighted by Crippen LogP contribution is 2.21. The lowest BCUT2D eigenvalue weighted by atomic mass is 10.0. The molecule has 4 rings (SSSR count). The molecule has 2 aromatic carbocycles. The van der Waals surface area contributed by atoms with Crippen molar-refractivity contribution in [3.05, 3.63) is 83.1 Å². The van der Waals surface area contributed by atoms with Gasteiger partial charge >= 0.3 is 0 Å². The van der Waals surface area contributed by atoms with Gasteiger partial charge in [-0.05, 0) is 23.3 Å². The normalized spacial score (nSPS) is 11.0. The molecule has 4 aromatic rings. The van der Waals surface area contributed by atoms with Crippen molar-refractivity contribution < 1.29 is 13.8 Å². The Kier molecular flexibility index (Phi) is 4.23. The van der Waals surface area contributed by atoms with Crippen LogP contribution in [0.2, 0.25) is 0 Å². The molecule has 0 fully saturated rings. The second kappa shape index (κ2) is 6.84. The SMILES string of the molecule is Cc1cc(CNC(=O)c2cc(Cc3cccc4ccccc34)no2)on1. The second-order valence-corrected chi connectivity index (χ2v) is 6.11. The number of aromatic nitrogens is 2. The van der Waals surface area contributed by atoms with E-state index >= 15 is 0 Å². The highest BCUT2D eigenvalue weighted by molar-refractivity contribution is 5.91. The van der Waals surface area contributed by atoms with Crippen molar-refractivity contribution in [2.24, 2.45) is 0 Å². The van der Waals surface area contributed by atoms with Crippen LogP contribution in [0.25, 0.3) is 10.8 Å². The molecule has 26 heavy (non-hydrogen) atoms. The van der Waals surface area contributed by atoms with Gasteiger partial charge in [0.05, 0.1) is 17.9 Å². The number of hydrogen-bond acceptors (Lipinski definition) is 5. The molecule has 0 saturated carbocycles. The highest BCUT2D eigenvalue weighted by atomic mass is 16.5. The van der Waals surface area contributed by atoms with Crippen molar-refractivity contribution in [1.29, 1.82) is 0 Å². The Bertz CT molecular complexity index is 1060. The number of benzene rings is 2. The van der Waals surface area contributed by atoms with E-state index in [0.29, 0.717) is 17.9 Å². The molecule has 2 aromatic heterocycles. The van der Waals surface area contributed by atoms with Crippen molar-refractivity contribution >= 4 is 16.7 Å². The van der Waals surface area contributed by atoms with Crippen molar-refractivity contribution in [2.75, 3.05) is 0 Å². The van der Waals surface area contributed by atoms with Gasteiger partial charge in [0.15, 0.2) is 5.76 Å². The van der Waals surface area contributed by atoms with E-state index in [0.717, 1.165) is 11.3 Å². The van der Waals surface area contributed by atoms with E-state index in [4.69, 9.17) is 9.05 Å². The number of carbonyl (C=O) groups excluding carboxylic acids is 1. The third kappa shape index (κ3) is 3.35. The van der Waals surface area contributed by atoms with Crippen molar-refractivity contribution in [3.8, 4) is 0 Å². The minimum atomic E-state index is -0.337. The Balaban J connectivity index is 1.46. The van der Waals surface area contributed by atoms with Crippen molar-refractivity contribution in [3.63, 3.8) is 0 Å². The lowest BCUT2D eigenvalue weighted by Crippen LogP contribution is -2.21. The summed E-state index contributed by atoms with van der Waals surface area (Å²) in [5, 5.41) is 12.9. The number of carbonyl (C=O) groups is 1. The van der Waals surface area contributed by atoms with E-state index in [-0.39, 0.29) is 18.2 Å².